The first-order valence-electron chi connectivity index (χ1n) is 17.1. The second-order valence-corrected chi connectivity index (χ2v) is 13.5. The number of hydrogen-bond acceptors (Lipinski definition) is 10. The number of hydrazone groups is 2. The molecule has 0 aliphatic carbocycles. The Hall–Kier alpha value is -5.34. The van der Waals surface area contributed by atoms with Crippen molar-refractivity contribution in [3.8, 4) is 23.0 Å². The molecule has 0 aromatic heterocycles. The first-order chi connectivity index (χ1) is 26.2. The second kappa shape index (κ2) is 22.0. The van der Waals surface area contributed by atoms with Crippen LogP contribution in [0.15, 0.2) is 104 Å². The van der Waals surface area contributed by atoms with Crippen molar-refractivity contribution < 1.29 is 38.1 Å². The van der Waals surface area contributed by atoms with Crippen LogP contribution in [0.3, 0.4) is 0 Å². The molecule has 0 saturated carbocycles. The van der Waals surface area contributed by atoms with Crippen LogP contribution in [0.1, 0.15) is 83.2 Å². The van der Waals surface area contributed by atoms with E-state index in [1.54, 1.807) is 84.9 Å². The zero-order chi connectivity index (χ0) is 38.7. The standard InChI is InChI=1S/C40H40Br2N4O8/c1-51-35-23-27(19-21-33(35)53-39(49)29-13-9-11-15-31(29)41)25-43-45-37(47)17-7-5-3-4-6-8-18-38(48)46-44-26-28-20-22-34(36(24-28)52-2)54-40(50)30-14-10-12-16-32(30)42/h9-16,19-26H,3-8,17-18H2,1-2H3,(H,45,47)(H,46,48). The summed E-state index contributed by atoms with van der Waals surface area (Å²) in [6.45, 7) is 0. The molecular formula is C40H40Br2N4O8. The van der Waals surface area contributed by atoms with Crippen LogP contribution in [-0.2, 0) is 9.59 Å². The third-order valence-corrected chi connectivity index (χ3v) is 9.21. The highest BCUT2D eigenvalue weighted by molar-refractivity contribution is 9.10. The van der Waals surface area contributed by atoms with Crippen LogP contribution in [0.25, 0.3) is 0 Å². The molecule has 0 fully saturated rings. The van der Waals surface area contributed by atoms with Crippen molar-refractivity contribution in [2.45, 2.75) is 51.4 Å². The number of methoxy groups -OCH3 is 2. The van der Waals surface area contributed by atoms with Crippen molar-refractivity contribution in [1.82, 2.24) is 10.9 Å². The molecule has 282 valence electrons. The molecular weight excluding hydrogens is 824 g/mol. The number of carbonyl (C=O) groups excluding carboxylic acids is 4. The quantitative estimate of drug-likeness (QED) is 0.0314. The van der Waals surface area contributed by atoms with Gasteiger partial charge in [-0.2, -0.15) is 10.2 Å². The summed E-state index contributed by atoms with van der Waals surface area (Å²) >= 11 is 6.70. The van der Waals surface area contributed by atoms with Gasteiger partial charge in [0.15, 0.2) is 23.0 Å². The Bertz CT molecular complexity index is 1840. The minimum Gasteiger partial charge on any atom is -0.493 e. The molecule has 0 radical (unpaired) electrons. The van der Waals surface area contributed by atoms with Crippen molar-refractivity contribution in [3.63, 3.8) is 0 Å². The number of carbonyl (C=O) groups is 4. The van der Waals surface area contributed by atoms with Crippen LogP contribution in [0.4, 0.5) is 0 Å². The summed E-state index contributed by atoms with van der Waals surface area (Å²) in [5.41, 5.74) is 7.15. The molecule has 0 unspecified atom stereocenters. The molecule has 4 aromatic carbocycles. The summed E-state index contributed by atoms with van der Waals surface area (Å²) < 4.78 is 23.0. The summed E-state index contributed by atoms with van der Waals surface area (Å²) in [7, 11) is 2.94. The number of benzene rings is 4. The lowest BCUT2D eigenvalue weighted by Gasteiger charge is -2.10. The van der Waals surface area contributed by atoms with E-state index >= 15 is 0 Å². The van der Waals surface area contributed by atoms with Gasteiger partial charge in [-0.1, -0.05) is 49.9 Å². The van der Waals surface area contributed by atoms with Gasteiger partial charge in [0.05, 0.1) is 37.8 Å². The molecule has 4 aromatic rings. The van der Waals surface area contributed by atoms with Gasteiger partial charge >= 0.3 is 11.9 Å². The summed E-state index contributed by atoms with van der Waals surface area (Å²) in [6, 6.07) is 23.8. The van der Waals surface area contributed by atoms with E-state index in [0.717, 1.165) is 38.5 Å². The molecule has 4 rings (SSSR count). The van der Waals surface area contributed by atoms with Crippen molar-refractivity contribution in [2.24, 2.45) is 10.2 Å². The van der Waals surface area contributed by atoms with Gasteiger partial charge in [0.1, 0.15) is 0 Å². The first-order valence-corrected chi connectivity index (χ1v) is 18.7. The van der Waals surface area contributed by atoms with E-state index in [9.17, 15) is 19.2 Å². The van der Waals surface area contributed by atoms with Gasteiger partial charge in [0, 0.05) is 21.8 Å². The van der Waals surface area contributed by atoms with Crippen LogP contribution in [-0.4, -0.2) is 50.4 Å². The average Bonchev–Trinajstić information content (AvgIpc) is 3.17. The molecule has 2 amide bonds. The molecule has 12 nitrogen and oxygen atoms in total. The lowest BCUT2D eigenvalue weighted by Crippen LogP contribution is -2.17. The number of nitrogens with zero attached hydrogens (tertiary/aromatic N) is 2. The zero-order valence-corrected chi connectivity index (χ0v) is 33.0. The molecule has 0 atom stereocenters. The average molecular weight is 865 g/mol. The van der Waals surface area contributed by atoms with E-state index in [1.165, 1.54) is 26.6 Å². The van der Waals surface area contributed by atoms with Gasteiger partial charge in [-0.05, 0) is 116 Å². The Kier molecular flexibility index (Phi) is 16.9. The largest absolute Gasteiger partial charge is 0.493 e. The first kappa shape index (κ1) is 41.4. The van der Waals surface area contributed by atoms with Gasteiger partial charge in [0.2, 0.25) is 11.8 Å². The number of ether oxygens (including phenoxy) is 4. The minimum absolute atomic E-state index is 0.191. The van der Waals surface area contributed by atoms with Gasteiger partial charge in [-0.3, -0.25) is 9.59 Å². The summed E-state index contributed by atoms with van der Waals surface area (Å²) in [5.74, 6) is -0.223. The van der Waals surface area contributed by atoms with Crippen LogP contribution in [0.2, 0.25) is 0 Å². The number of nitrogens with one attached hydrogen (secondary N) is 2. The predicted octanol–water partition coefficient (Wildman–Crippen LogP) is 8.39. The van der Waals surface area contributed by atoms with Gasteiger partial charge in [-0.15, -0.1) is 0 Å². The van der Waals surface area contributed by atoms with E-state index in [0.29, 0.717) is 55.5 Å². The fraction of sp³-hybridized carbons (Fsp3) is 0.250. The Morgan fingerprint density at radius 2 is 0.944 bits per heavy atom. The summed E-state index contributed by atoms with van der Waals surface area (Å²) in [6.07, 6.45) is 8.78. The van der Waals surface area contributed by atoms with Crippen LogP contribution < -0.4 is 29.8 Å². The Morgan fingerprint density at radius 3 is 1.33 bits per heavy atom. The number of rotatable bonds is 19. The van der Waals surface area contributed by atoms with Crippen molar-refractivity contribution in [3.05, 3.63) is 116 Å². The zero-order valence-electron chi connectivity index (χ0n) is 29.8. The number of amides is 2. The van der Waals surface area contributed by atoms with Crippen LogP contribution in [0, 0.1) is 0 Å². The summed E-state index contributed by atoms with van der Waals surface area (Å²) in [5, 5.41) is 8.06. The molecule has 0 heterocycles. The van der Waals surface area contributed by atoms with Gasteiger partial charge in [-0.25, -0.2) is 20.4 Å². The Morgan fingerprint density at radius 1 is 0.556 bits per heavy atom. The Balaban J connectivity index is 1.06. The smallest absolute Gasteiger partial charge is 0.344 e. The molecule has 54 heavy (non-hydrogen) atoms. The molecule has 0 aliphatic rings. The molecule has 0 bridgehead atoms. The maximum Gasteiger partial charge on any atom is 0.344 e. The highest BCUT2D eigenvalue weighted by Gasteiger charge is 2.16. The SMILES string of the molecule is COc1cc(C=NNC(=O)CCCCCCCCC(=O)NN=Cc2ccc(OC(=O)c3ccccc3Br)c(OC)c2)ccc1OC(=O)c1ccccc1Br. The molecule has 2 N–H and O–H groups in total. The number of hydrogen-bond donors (Lipinski definition) is 2. The number of unbranched alkanes of at least 4 members (excludes halogenated alkanes) is 5. The maximum absolute atomic E-state index is 12.6. The third-order valence-electron chi connectivity index (χ3n) is 7.83. The van der Waals surface area contributed by atoms with E-state index in [4.69, 9.17) is 18.9 Å². The lowest BCUT2D eigenvalue weighted by atomic mass is 10.1. The highest BCUT2D eigenvalue weighted by atomic mass is 79.9. The van der Waals surface area contributed by atoms with Crippen molar-refractivity contribution >= 4 is 68.0 Å². The molecule has 14 heteroatoms. The van der Waals surface area contributed by atoms with Crippen LogP contribution in [0.5, 0.6) is 23.0 Å². The van der Waals surface area contributed by atoms with Crippen LogP contribution >= 0.6 is 31.9 Å². The minimum atomic E-state index is -0.525. The molecule has 0 aliphatic heterocycles. The second-order valence-electron chi connectivity index (χ2n) is 11.8. The fourth-order valence-electron chi connectivity index (χ4n) is 5.01. The van der Waals surface area contributed by atoms with E-state index in [-0.39, 0.29) is 23.3 Å². The third kappa shape index (κ3) is 13.3. The van der Waals surface area contributed by atoms with E-state index in [2.05, 4.69) is 52.9 Å². The normalized spacial score (nSPS) is 11.0. The monoisotopic (exact) mass is 862 g/mol. The van der Waals surface area contributed by atoms with E-state index < -0.39 is 11.9 Å². The number of esters is 2. The topological polar surface area (TPSA) is 154 Å². The maximum atomic E-state index is 12.6. The van der Waals surface area contributed by atoms with Gasteiger partial charge in [0.25, 0.3) is 0 Å². The molecule has 0 spiro atoms. The molecule has 0 saturated heterocycles. The number of halogens is 2. The summed E-state index contributed by atoms with van der Waals surface area (Å²) in [4.78, 5) is 49.6. The Labute approximate surface area is 330 Å². The van der Waals surface area contributed by atoms with Crippen molar-refractivity contribution in [2.75, 3.05) is 14.2 Å². The highest BCUT2D eigenvalue weighted by Crippen LogP contribution is 2.30. The van der Waals surface area contributed by atoms with Crippen molar-refractivity contribution in [1.29, 1.82) is 0 Å². The lowest BCUT2D eigenvalue weighted by molar-refractivity contribution is -0.122. The fourth-order valence-corrected chi connectivity index (χ4v) is 5.90. The predicted molar refractivity (Wildman–Crippen MR) is 213 cm³/mol. The van der Waals surface area contributed by atoms with Gasteiger partial charge < -0.3 is 18.9 Å². The van der Waals surface area contributed by atoms with E-state index in [1.807, 2.05) is 0 Å².